The van der Waals surface area contributed by atoms with E-state index in [0.717, 1.165) is 11.3 Å². The minimum atomic E-state index is -0.497. The molecule has 4 N–H and O–H groups in total. The van der Waals surface area contributed by atoms with Crippen LogP contribution in [0.1, 0.15) is 5.56 Å². The van der Waals surface area contributed by atoms with Crippen molar-refractivity contribution < 1.29 is 0 Å². The van der Waals surface area contributed by atoms with Gasteiger partial charge in [0.15, 0.2) is 6.29 Å². The molecule has 1 heterocycles. The van der Waals surface area contributed by atoms with E-state index < -0.39 is 6.29 Å². The normalized spacial score (nSPS) is 20.3. The molecule has 2 rings (SSSR count). The van der Waals surface area contributed by atoms with Crippen molar-refractivity contribution in [2.24, 2.45) is 21.5 Å². The summed E-state index contributed by atoms with van der Waals surface area (Å²) in [5, 5.41) is 0. The molecular formula is C10H13N5. The van der Waals surface area contributed by atoms with Gasteiger partial charge in [0.1, 0.15) is 6.34 Å². The van der Waals surface area contributed by atoms with Crippen LogP contribution in [0, 0.1) is 6.92 Å². The van der Waals surface area contributed by atoms with Gasteiger partial charge >= 0.3 is 0 Å². The molecule has 1 aromatic rings. The van der Waals surface area contributed by atoms with Gasteiger partial charge in [-0.2, -0.15) is 0 Å². The van der Waals surface area contributed by atoms with E-state index in [0.29, 0.717) is 5.96 Å². The first-order chi connectivity index (χ1) is 7.20. The fraction of sp³-hybridized carbons (Fsp3) is 0.200. The molecule has 0 bridgehead atoms. The van der Waals surface area contributed by atoms with Crippen molar-refractivity contribution in [2.75, 3.05) is 4.90 Å². The van der Waals surface area contributed by atoms with Crippen LogP contribution in [-0.4, -0.2) is 18.6 Å². The Morgan fingerprint density at radius 2 is 2.07 bits per heavy atom. The van der Waals surface area contributed by atoms with Crippen molar-refractivity contribution in [1.29, 1.82) is 0 Å². The quantitative estimate of drug-likeness (QED) is 0.693. The Labute approximate surface area is 88.1 Å². The summed E-state index contributed by atoms with van der Waals surface area (Å²) in [6.07, 6.45) is 0.887. The van der Waals surface area contributed by atoms with Crippen LogP contribution in [0.4, 0.5) is 5.69 Å². The number of hydrogen-bond donors (Lipinski definition) is 2. The molecule has 1 aromatic carbocycles. The largest absolute Gasteiger partial charge is 0.369 e. The van der Waals surface area contributed by atoms with Gasteiger partial charge in [-0.3, -0.25) is 10.6 Å². The summed E-state index contributed by atoms with van der Waals surface area (Å²) in [6.45, 7) is 1.99. The lowest BCUT2D eigenvalue weighted by Crippen LogP contribution is -2.50. The van der Waals surface area contributed by atoms with Crippen molar-refractivity contribution in [2.45, 2.75) is 13.2 Å². The van der Waals surface area contributed by atoms with Crippen molar-refractivity contribution in [1.82, 2.24) is 0 Å². The van der Waals surface area contributed by atoms with E-state index in [1.54, 1.807) is 4.90 Å². The van der Waals surface area contributed by atoms with Crippen molar-refractivity contribution in [3.63, 3.8) is 0 Å². The summed E-state index contributed by atoms with van der Waals surface area (Å²) in [6, 6.07) is 7.83. The average molecular weight is 203 g/mol. The average Bonchev–Trinajstić information content (AvgIpc) is 2.20. The second-order valence-corrected chi connectivity index (χ2v) is 3.32. The number of hydrogen-bond acceptors (Lipinski definition) is 5. The standard InChI is InChI=1S/C10H13N5/c1-7-4-2-3-5-8(7)15-9(11)13-6-14-10(15)12/h2-6,9H,11H2,1H3,(H2,12,13,14). The summed E-state index contributed by atoms with van der Waals surface area (Å²) >= 11 is 0. The molecule has 0 fully saturated rings. The molecule has 0 spiro atoms. The second kappa shape index (κ2) is 3.70. The Hall–Kier alpha value is -1.88. The predicted molar refractivity (Wildman–Crippen MR) is 61.7 cm³/mol. The lowest BCUT2D eigenvalue weighted by atomic mass is 10.2. The number of nitrogens with zero attached hydrogens (tertiary/aromatic N) is 3. The lowest BCUT2D eigenvalue weighted by Gasteiger charge is -2.29. The predicted octanol–water partition coefficient (Wildman–Crippen LogP) is 0.400. The summed E-state index contributed by atoms with van der Waals surface area (Å²) in [4.78, 5) is 9.62. The number of nitrogens with two attached hydrogens (primary N) is 2. The molecule has 0 amide bonds. The number of anilines is 1. The van der Waals surface area contributed by atoms with Crippen molar-refractivity contribution >= 4 is 18.0 Å². The van der Waals surface area contributed by atoms with Crippen LogP contribution in [0.15, 0.2) is 34.3 Å². The van der Waals surface area contributed by atoms with E-state index >= 15 is 0 Å². The maximum Gasteiger partial charge on any atom is 0.204 e. The highest BCUT2D eigenvalue weighted by molar-refractivity contribution is 6.01. The van der Waals surface area contributed by atoms with E-state index in [9.17, 15) is 0 Å². The molecule has 1 unspecified atom stereocenters. The van der Waals surface area contributed by atoms with Gasteiger partial charge in [-0.05, 0) is 18.6 Å². The number of aliphatic imine (C=N–C) groups is 2. The molecule has 15 heavy (non-hydrogen) atoms. The minimum Gasteiger partial charge on any atom is -0.369 e. The van der Waals surface area contributed by atoms with Crippen molar-refractivity contribution in [3.8, 4) is 0 Å². The third-order valence-electron chi connectivity index (χ3n) is 2.30. The van der Waals surface area contributed by atoms with E-state index in [2.05, 4.69) is 9.98 Å². The molecule has 5 heteroatoms. The lowest BCUT2D eigenvalue weighted by molar-refractivity contribution is 0.723. The Morgan fingerprint density at radius 1 is 1.33 bits per heavy atom. The van der Waals surface area contributed by atoms with Gasteiger partial charge in [0.2, 0.25) is 5.96 Å². The summed E-state index contributed by atoms with van der Waals surface area (Å²) in [5.41, 5.74) is 13.6. The highest BCUT2D eigenvalue weighted by Crippen LogP contribution is 2.21. The zero-order valence-corrected chi connectivity index (χ0v) is 8.46. The van der Waals surface area contributed by atoms with E-state index in [1.807, 2.05) is 31.2 Å². The van der Waals surface area contributed by atoms with Crippen LogP contribution in [0.5, 0.6) is 0 Å². The zero-order chi connectivity index (χ0) is 10.8. The topological polar surface area (TPSA) is 80.0 Å². The van der Waals surface area contributed by atoms with E-state index in [4.69, 9.17) is 11.5 Å². The molecule has 1 aliphatic rings. The molecule has 0 aliphatic carbocycles. The Morgan fingerprint density at radius 3 is 2.73 bits per heavy atom. The fourth-order valence-electron chi connectivity index (χ4n) is 1.52. The Bertz CT molecular complexity index is 424. The van der Waals surface area contributed by atoms with Crippen molar-refractivity contribution in [3.05, 3.63) is 29.8 Å². The van der Waals surface area contributed by atoms with Gasteiger partial charge in [-0.1, -0.05) is 18.2 Å². The van der Waals surface area contributed by atoms with Crippen LogP contribution >= 0.6 is 0 Å². The first-order valence-corrected chi connectivity index (χ1v) is 4.65. The Kier molecular flexibility index (Phi) is 2.39. The third kappa shape index (κ3) is 1.69. The number of aryl methyl sites for hydroxylation is 1. The first kappa shape index (κ1) is 9.67. The van der Waals surface area contributed by atoms with Gasteiger partial charge in [0, 0.05) is 0 Å². The molecule has 1 atom stereocenters. The maximum atomic E-state index is 5.84. The van der Waals surface area contributed by atoms with Gasteiger partial charge < -0.3 is 5.73 Å². The fourth-order valence-corrected chi connectivity index (χ4v) is 1.52. The third-order valence-corrected chi connectivity index (χ3v) is 2.30. The van der Waals surface area contributed by atoms with Crippen LogP contribution in [0.3, 0.4) is 0 Å². The molecular weight excluding hydrogens is 190 g/mol. The van der Waals surface area contributed by atoms with Gasteiger partial charge in [0.25, 0.3) is 0 Å². The van der Waals surface area contributed by atoms with Gasteiger partial charge in [-0.25, -0.2) is 9.98 Å². The number of rotatable bonds is 1. The van der Waals surface area contributed by atoms with Crippen LogP contribution in [0.2, 0.25) is 0 Å². The van der Waals surface area contributed by atoms with Crippen LogP contribution < -0.4 is 16.4 Å². The summed E-state index contributed by atoms with van der Waals surface area (Å²) in [7, 11) is 0. The molecule has 1 aliphatic heterocycles. The first-order valence-electron chi connectivity index (χ1n) is 4.65. The zero-order valence-electron chi connectivity index (χ0n) is 8.46. The molecule has 0 aromatic heterocycles. The summed E-state index contributed by atoms with van der Waals surface area (Å²) < 4.78 is 0. The van der Waals surface area contributed by atoms with Crippen LogP contribution in [-0.2, 0) is 0 Å². The second-order valence-electron chi connectivity index (χ2n) is 3.32. The maximum absolute atomic E-state index is 5.84. The number of para-hydroxylation sites is 1. The number of benzene rings is 1. The van der Waals surface area contributed by atoms with Gasteiger partial charge in [0.05, 0.1) is 5.69 Å². The highest BCUT2D eigenvalue weighted by atomic mass is 15.4. The van der Waals surface area contributed by atoms with E-state index in [1.165, 1.54) is 6.34 Å². The summed E-state index contributed by atoms with van der Waals surface area (Å²) in [5.74, 6) is 0.367. The highest BCUT2D eigenvalue weighted by Gasteiger charge is 2.20. The number of guanidine groups is 1. The minimum absolute atomic E-state index is 0.367. The molecule has 0 radical (unpaired) electrons. The molecule has 0 saturated heterocycles. The molecule has 5 nitrogen and oxygen atoms in total. The van der Waals surface area contributed by atoms with Crippen LogP contribution in [0.25, 0.3) is 0 Å². The monoisotopic (exact) mass is 203 g/mol. The SMILES string of the molecule is Cc1ccccc1N1C(N)=NC=NC1N. The molecule has 78 valence electrons. The molecule has 0 saturated carbocycles. The van der Waals surface area contributed by atoms with Gasteiger partial charge in [-0.15, -0.1) is 0 Å². The Balaban J connectivity index is 2.43. The van der Waals surface area contributed by atoms with E-state index in [-0.39, 0.29) is 0 Å². The smallest absolute Gasteiger partial charge is 0.204 e.